The highest BCUT2D eigenvalue weighted by Crippen LogP contribution is 2.37. The van der Waals surface area contributed by atoms with E-state index in [-0.39, 0.29) is 24.8 Å². The molecule has 1 aromatic carbocycles. The SMILES string of the molecule is CC1CC1C(=O)NCc1ccc(C(=O)N[C@H](CN=[N+]=[N-])CC(=O)O)cc1. The van der Waals surface area contributed by atoms with Gasteiger partial charge in [0, 0.05) is 35.5 Å². The van der Waals surface area contributed by atoms with E-state index in [1.807, 2.05) is 6.92 Å². The summed E-state index contributed by atoms with van der Waals surface area (Å²) in [6.07, 6.45) is 0.590. The number of carbonyl (C=O) groups excluding carboxylic acids is 2. The van der Waals surface area contributed by atoms with Crippen molar-refractivity contribution in [1.82, 2.24) is 10.6 Å². The summed E-state index contributed by atoms with van der Waals surface area (Å²) in [6, 6.07) is 5.87. The first kappa shape index (κ1) is 19.3. The monoisotopic (exact) mass is 359 g/mol. The molecule has 0 heterocycles. The van der Waals surface area contributed by atoms with E-state index < -0.39 is 17.9 Å². The van der Waals surface area contributed by atoms with Crippen LogP contribution >= 0.6 is 0 Å². The number of aliphatic carboxylic acids is 1. The van der Waals surface area contributed by atoms with E-state index >= 15 is 0 Å². The number of nitrogens with one attached hydrogen (secondary N) is 2. The van der Waals surface area contributed by atoms with Gasteiger partial charge in [0.2, 0.25) is 5.91 Å². The minimum absolute atomic E-state index is 0.0499. The Morgan fingerprint density at radius 1 is 1.35 bits per heavy atom. The van der Waals surface area contributed by atoms with Gasteiger partial charge in [0.1, 0.15) is 0 Å². The highest BCUT2D eigenvalue weighted by Gasteiger charge is 2.38. The molecule has 1 fully saturated rings. The second-order valence-electron chi connectivity index (χ2n) is 6.42. The highest BCUT2D eigenvalue weighted by molar-refractivity contribution is 5.94. The van der Waals surface area contributed by atoms with Crippen molar-refractivity contribution in [2.75, 3.05) is 6.54 Å². The maximum Gasteiger partial charge on any atom is 0.305 e. The molecule has 0 radical (unpaired) electrons. The lowest BCUT2D eigenvalue weighted by molar-refractivity contribution is -0.137. The van der Waals surface area contributed by atoms with Crippen LogP contribution < -0.4 is 10.6 Å². The summed E-state index contributed by atoms with van der Waals surface area (Å²) >= 11 is 0. The number of hydrogen-bond acceptors (Lipinski definition) is 4. The first-order valence-corrected chi connectivity index (χ1v) is 8.31. The number of benzene rings is 1. The number of nitrogens with zero attached hydrogens (tertiary/aromatic N) is 3. The smallest absolute Gasteiger partial charge is 0.305 e. The Bertz CT molecular complexity index is 723. The summed E-state index contributed by atoms with van der Waals surface area (Å²) in [5.41, 5.74) is 9.56. The Labute approximate surface area is 150 Å². The average molecular weight is 359 g/mol. The van der Waals surface area contributed by atoms with E-state index in [1.165, 1.54) is 0 Å². The number of hydrogen-bond donors (Lipinski definition) is 3. The third-order valence-corrected chi connectivity index (χ3v) is 4.25. The lowest BCUT2D eigenvalue weighted by atomic mass is 10.1. The fourth-order valence-electron chi connectivity index (χ4n) is 2.56. The Hall–Kier alpha value is -3.06. The molecule has 0 bridgehead atoms. The van der Waals surface area contributed by atoms with Gasteiger partial charge in [0.05, 0.1) is 6.42 Å². The average Bonchev–Trinajstić information content (AvgIpc) is 3.34. The first-order chi connectivity index (χ1) is 12.4. The van der Waals surface area contributed by atoms with Crippen molar-refractivity contribution in [2.24, 2.45) is 17.0 Å². The molecule has 9 heteroatoms. The van der Waals surface area contributed by atoms with E-state index in [4.69, 9.17) is 10.6 Å². The van der Waals surface area contributed by atoms with Crippen LogP contribution in [0.15, 0.2) is 29.4 Å². The molecule has 0 aromatic heterocycles. The molecule has 0 aliphatic heterocycles. The molecule has 9 nitrogen and oxygen atoms in total. The summed E-state index contributed by atoms with van der Waals surface area (Å²) in [7, 11) is 0. The Morgan fingerprint density at radius 3 is 2.54 bits per heavy atom. The number of carboxylic acid groups (broad SMARTS) is 1. The van der Waals surface area contributed by atoms with Crippen molar-refractivity contribution in [3.63, 3.8) is 0 Å². The molecule has 0 spiro atoms. The van der Waals surface area contributed by atoms with Gasteiger partial charge < -0.3 is 15.7 Å². The number of carboxylic acids is 1. The third-order valence-electron chi connectivity index (χ3n) is 4.25. The summed E-state index contributed by atoms with van der Waals surface area (Å²) in [4.78, 5) is 37.4. The van der Waals surface area contributed by atoms with Crippen LogP contribution in [0.1, 0.15) is 35.7 Å². The standard InChI is InChI=1S/C17H21N5O4/c1-10-6-14(10)17(26)19-8-11-2-4-12(5-3-11)16(25)21-13(7-15(23)24)9-20-22-18/h2-5,10,13-14H,6-9H2,1H3,(H,19,26)(H,21,25)(H,23,24)/t10?,13-,14?/m0/s1. The predicted molar refractivity (Wildman–Crippen MR) is 93.1 cm³/mol. The normalized spacial score (nSPS) is 19.0. The Balaban J connectivity index is 1.88. The van der Waals surface area contributed by atoms with Crippen molar-refractivity contribution < 1.29 is 19.5 Å². The molecule has 1 aliphatic carbocycles. The lowest BCUT2D eigenvalue weighted by Crippen LogP contribution is -2.38. The topological polar surface area (TPSA) is 144 Å². The van der Waals surface area contributed by atoms with E-state index in [0.717, 1.165) is 12.0 Å². The molecular formula is C17H21N5O4. The quantitative estimate of drug-likeness (QED) is 0.351. The lowest BCUT2D eigenvalue weighted by Gasteiger charge is -2.14. The van der Waals surface area contributed by atoms with Crippen molar-refractivity contribution in [2.45, 2.75) is 32.4 Å². The zero-order chi connectivity index (χ0) is 19.1. The van der Waals surface area contributed by atoms with Crippen molar-refractivity contribution in [3.05, 3.63) is 45.8 Å². The van der Waals surface area contributed by atoms with Crippen LogP contribution in [-0.2, 0) is 16.1 Å². The van der Waals surface area contributed by atoms with Crippen LogP contribution in [-0.4, -0.2) is 35.5 Å². The minimum Gasteiger partial charge on any atom is -0.481 e. The van der Waals surface area contributed by atoms with Crippen LogP contribution in [0.2, 0.25) is 0 Å². The molecule has 3 N–H and O–H groups in total. The van der Waals surface area contributed by atoms with Crippen molar-refractivity contribution in [3.8, 4) is 0 Å². The van der Waals surface area contributed by atoms with E-state index in [1.54, 1.807) is 24.3 Å². The molecule has 2 rings (SSSR count). The van der Waals surface area contributed by atoms with Gasteiger partial charge in [-0.1, -0.05) is 24.2 Å². The van der Waals surface area contributed by atoms with Crippen LogP contribution in [0.3, 0.4) is 0 Å². The van der Waals surface area contributed by atoms with E-state index in [2.05, 4.69) is 20.7 Å². The second kappa shape index (κ2) is 8.87. The fourth-order valence-corrected chi connectivity index (χ4v) is 2.56. The first-order valence-electron chi connectivity index (χ1n) is 8.31. The molecule has 1 saturated carbocycles. The number of carbonyl (C=O) groups is 3. The van der Waals surface area contributed by atoms with E-state index in [0.29, 0.717) is 18.0 Å². The number of azide groups is 1. The summed E-state index contributed by atoms with van der Waals surface area (Å²) < 4.78 is 0. The molecule has 1 aromatic rings. The zero-order valence-corrected chi connectivity index (χ0v) is 14.4. The van der Waals surface area contributed by atoms with Crippen molar-refractivity contribution >= 4 is 17.8 Å². The van der Waals surface area contributed by atoms with Gasteiger partial charge in [0.25, 0.3) is 5.91 Å². The van der Waals surface area contributed by atoms with Crippen LogP contribution in [0.25, 0.3) is 10.4 Å². The molecule has 3 atom stereocenters. The molecule has 2 amide bonds. The van der Waals surface area contributed by atoms with Gasteiger partial charge in [-0.15, -0.1) is 0 Å². The van der Waals surface area contributed by atoms with Crippen LogP contribution in [0.5, 0.6) is 0 Å². The maximum atomic E-state index is 12.2. The summed E-state index contributed by atoms with van der Waals surface area (Å²) in [6.45, 7) is 2.29. The highest BCUT2D eigenvalue weighted by atomic mass is 16.4. The Morgan fingerprint density at radius 2 is 2.00 bits per heavy atom. The molecule has 2 unspecified atom stereocenters. The van der Waals surface area contributed by atoms with Crippen LogP contribution in [0, 0.1) is 11.8 Å². The van der Waals surface area contributed by atoms with Gasteiger partial charge in [0.15, 0.2) is 0 Å². The predicted octanol–water partition coefficient (Wildman–Crippen LogP) is 1.84. The largest absolute Gasteiger partial charge is 0.481 e. The summed E-state index contributed by atoms with van der Waals surface area (Å²) in [5, 5.41) is 17.6. The van der Waals surface area contributed by atoms with Gasteiger partial charge >= 0.3 is 5.97 Å². The fraction of sp³-hybridized carbons (Fsp3) is 0.471. The molecule has 1 aliphatic rings. The minimum atomic E-state index is -1.10. The van der Waals surface area contributed by atoms with Crippen molar-refractivity contribution in [1.29, 1.82) is 0 Å². The number of amides is 2. The number of rotatable bonds is 9. The molecule has 26 heavy (non-hydrogen) atoms. The Kier molecular flexibility index (Phi) is 6.57. The third kappa shape index (κ3) is 5.78. The maximum absolute atomic E-state index is 12.2. The molecule has 0 saturated heterocycles. The van der Waals surface area contributed by atoms with E-state index in [9.17, 15) is 14.4 Å². The zero-order valence-electron chi connectivity index (χ0n) is 14.4. The molecular weight excluding hydrogens is 338 g/mol. The van der Waals surface area contributed by atoms with Gasteiger partial charge in [-0.2, -0.15) is 0 Å². The van der Waals surface area contributed by atoms with Gasteiger partial charge in [-0.05, 0) is 35.6 Å². The van der Waals surface area contributed by atoms with Gasteiger partial charge in [-0.25, -0.2) is 0 Å². The molecule has 138 valence electrons. The summed E-state index contributed by atoms with van der Waals surface area (Å²) in [5.74, 6) is -0.937. The second-order valence-corrected chi connectivity index (χ2v) is 6.42. The van der Waals surface area contributed by atoms with Gasteiger partial charge in [-0.3, -0.25) is 14.4 Å². The van der Waals surface area contributed by atoms with Crippen LogP contribution in [0.4, 0.5) is 0 Å².